The number of aryl methyl sites for hydroxylation is 1. The summed E-state index contributed by atoms with van der Waals surface area (Å²) in [4.78, 5) is 14.3. The third kappa shape index (κ3) is 4.74. The molecule has 0 radical (unpaired) electrons. The summed E-state index contributed by atoms with van der Waals surface area (Å²) in [6.07, 6.45) is 0. The van der Waals surface area contributed by atoms with Gasteiger partial charge in [0.15, 0.2) is 5.78 Å². The van der Waals surface area contributed by atoms with Crippen molar-refractivity contribution in [3.63, 3.8) is 0 Å². The minimum absolute atomic E-state index is 0.155. The summed E-state index contributed by atoms with van der Waals surface area (Å²) < 4.78 is 5.30. The van der Waals surface area contributed by atoms with Crippen LogP contribution < -0.4 is 5.32 Å². The van der Waals surface area contributed by atoms with Crippen molar-refractivity contribution in [3.05, 3.63) is 35.4 Å². The van der Waals surface area contributed by atoms with E-state index < -0.39 is 0 Å². The van der Waals surface area contributed by atoms with Crippen molar-refractivity contribution in [1.82, 2.24) is 10.2 Å². The lowest BCUT2D eigenvalue weighted by Gasteiger charge is -2.26. The van der Waals surface area contributed by atoms with E-state index >= 15 is 0 Å². The standard InChI is InChI=1S/C15H22N2O2/c1-13-2-4-14(5-3-13)15(18)12-16-6-7-17-8-10-19-11-9-17/h2-5,16H,6-12H2,1H3. The molecule has 2 rings (SSSR count). The van der Waals surface area contributed by atoms with Crippen molar-refractivity contribution in [2.45, 2.75) is 6.92 Å². The number of benzene rings is 1. The fraction of sp³-hybridized carbons (Fsp3) is 0.533. The number of nitrogens with one attached hydrogen (secondary N) is 1. The highest BCUT2D eigenvalue weighted by Crippen LogP contribution is 2.03. The first kappa shape index (κ1) is 14.2. The normalized spacial score (nSPS) is 16.5. The highest BCUT2D eigenvalue weighted by Gasteiger charge is 2.10. The van der Waals surface area contributed by atoms with Gasteiger partial charge in [0.2, 0.25) is 0 Å². The average molecular weight is 262 g/mol. The predicted molar refractivity (Wildman–Crippen MR) is 75.6 cm³/mol. The van der Waals surface area contributed by atoms with Crippen LogP contribution in [0.3, 0.4) is 0 Å². The van der Waals surface area contributed by atoms with Gasteiger partial charge in [-0.2, -0.15) is 0 Å². The summed E-state index contributed by atoms with van der Waals surface area (Å²) in [6.45, 7) is 7.89. The molecule has 1 aromatic carbocycles. The summed E-state index contributed by atoms with van der Waals surface area (Å²) in [5, 5.41) is 3.21. The molecule has 1 aliphatic heterocycles. The number of hydrogen-bond acceptors (Lipinski definition) is 4. The predicted octanol–water partition coefficient (Wildman–Crippen LogP) is 1.10. The zero-order valence-corrected chi connectivity index (χ0v) is 11.5. The number of morpholine rings is 1. The number of hydrogen-bond donors (Lipinski definition) is 1. The van der Waals surface area contributed by atoms with Gasteiger partial charge in [0.05, 0.1) is 19.8 Å². The van der Waals surface area contributed by atoms with E-state index in [1.165, 1.54) is 5.56 Å². The number of rotatable bonds is 6. The molecule has 104 valence electrons. The number of ketones is 1. The summed E-state index contributed by atoms with van der Waals surface area (Å²) in [5.74, 6) is 0.155. The molecule has 0 aromatic heterocycles. The Morgan fingerprint density at radius 3 is 2.63 bits per heavy atom. The Labute approximate surface area is 114 Å². The topological polar surface area (TPSA) is 41.6 Å². The Hall–Kier alpha value is -1.23. The van der Waals surface area contributed by atoms with E-state index in [0.29, 0.717) is 6.54 Å². The molecule has 4 heteroatoms. The van der Waals surface area contributed by atoms with Gasteiger partial charge in [0, 0.05) is 31.7 Å². The molecule has 1 saturated heterocycles. The SMILES string of the molecule is Cc1ccc(C(=O)CNCCN2CCOCC2)cc1. The van der Waals surface area contributed by atoms with Crippen LogP contribution in [0.25, 0.3) is 0 Å². The van der Waals surface area contributed by atoms with Crippen molar-refractivity contribution in [2.24, 2.45) is 0 Å². The van der Waals surface area contributed by atoms with Crippen LogP contribution in [0.1, 0.15) is 15.9 Å². The van der Waals surface area contributed by atoms with Gasteiger partial charge in [-0.25, -0.2) is 0 Å². The summed E-state index contributed by atoms with van der Waals surface area (Å²) >= 11 is 0. The van der Waals surface area contributed by atoms with E-state index in [-0.39, 0.29) is 5.78 Å². The zero-order chi connectivity index (χ0) is 13.5. The molecule has 4 nitrogen and oxygen atoms in total. The third-order valence-corrected chi connectivity index (χ3v) is 3.37. The fourth-order valence-corrected chi connectivity index (χ4v) is 2.11. The van der Waals surface area contributed by atoms with Crippen LogP contribution in [0, 0.1) is 6.92 Å². The Bertz CT molecular complexity index is 397. The van der Waals surface area contributed by atoms with Crippen LogP contribution >= 0.6 is 0 Å². The fourth-order valence-electron chi connectivity index (χ4n) is 2.11. The van der Waals surface area contributed by atoms with E-state index in [0.717, 1.165) is 45.0 Å². The van der Waals surface area contributed by atoms with Gasteiger partial charge in [-0.15, -0.1) is 0 Å². The van der Waals surface area contributed by atoms with Gasteiger partial charge < -0.3 is 10.1 Å². The second-order valence-corrected chi connectivity index (χ2v) is 4.92. The molecule has 19 heavy (non-hydrogen) atoms. The van der Waals surface area contributed by atoms with E-state index in [4.69, 9.17) is 4.74 Å². The summed E-state index contributed by atoms with van der Waals surface area (Å²) in [7, 11) is 0. The molecule has 1 fully saturated rings. The van der Waals surface area contributed by atoms with Gasteiger partial charge in [0.25, 0.3) is 0 Å². The van der Waals surface area contributed by atoms with Crippen molar-refractivity contribution in [1.29, 1.82) is 0 Å². The van der Waals surface area contributed by atoms with Crippen LogP contribution in [0.5, 0.6) is 0 Å². The maximum Gasteiger partial charge on any atom is 0.176 e. The van der Waals surface area contributed by atoms with Gasteiger partial charge in [-0.3, -0.25) is 9.69 Å². The maximum absolute atomic E-state index is 11.9. The minimum Gasteiger partial charge on any atom is -0.379 e. The first-order valence-corrected chi connectivity index (χ1v) is 6.86. The molecule has 0 unspecified atom stereocenters. The van der Waals surface area contributed by atoms with Crippen LogP contribution in [-0.2, 0) is 4.74 Å². The van der Waals surface area contributed by atoms with Crippen LogP contribution in [0.4, 0.5) is 0 Å². The van der Waals surface area contributed by atoms with Crippen LogP contribution in [0.15, 0.2) is 24.3 Å². The van der Waals surface area contributed by atoms with Crippen molar-refractivity contribution in [3.8, 4) is 0 Å². The molecular formula is C15H22N2O2. The smallest absolute Gasteiger partial charge is 0.176 e. The molecule has 1 N–H and O–H groups in total. The zero-order valence-electron chi connectivity index (χ0n) is 11.5. The first-order chi connectivity index (χ1) is 9.25. The van der Waals surface area contributed by atoms with Crippen molar-refractivity contribution < 1.29 is 9.53 Å². The molecule has 0 spiro atoms. The highest BCUT2D eigenvalue weighted by molar-refractivity contribution is 5.97. The van der Waals surface area contributed by atoms with E-state index in [9.17, 15) is 4.79 Å². The monoisotopic (exact) mass is 262 g/mol. The van der Waals surface area contributed by atoms with E-state index in [1.54, 1.807) is 0 Å². The molecule has 0 saturated carbocycles. The Kier molecular flexibility index (Phi) is 5.51. The molecule has 0 atom stereocenters. The maximum atomic E-state index is 11.9. The lowest BCUT2D eigenvalue weighted by atomic mass is 10.1. The highest BCUT2D eigenvalue weighted by atomic mass is 16.5. The number of nitrogens with zero attached hydrogens (tertiary/aromatic N) is 1. The van der Waals surface area contributed by atoms with E-state index in [2.05, 4.69) is 10.2 Å². The lowest BCUT2D eigenvalue weighted by Crippen LogP contribution is -2.41. The first-order valence-electron chi connectivity index (χ1n) is 6.86. The van der Waals surface area contributed by atoms with Gasteiger partial charge in [0.1, 0.15) is 0 Å². The van der Waals surface area contributed by atoms with E-state index in [1.807, 2.05) is 31.2 Å². The Morgan fingerprint density at radius 2 is 1.95 bits per heavy atom. The molecule has 1 heterocycles. The van der Waals surface area contributed by atoms with Crippen molar-refractivity contribution in [2.75, 3.05) is 45.9 Å². The van der Waals surface area contributed by atoms with Gasteiger partial charge in [-0.05, 0) is 6.92 Å². The average Bonchev–Trinajstić information content (AvgIpc) is 2.45. The largest absolute Gasteiger partial charge is 0.379 e. The minimum atomic E-state index is 0.155. The Morgan fingerprint density at radius 1 is 1.26 bits per heavy atom. The second-order valence-electron chi connectivity index (χ2n) is 4.92. The molecule has 1 aromatic rings. The van der Waals surface area contributed by atoms with Gasteiger partial charge >= 0.3 is 0 Å². The van der Waals surface area contributed by atoms with Gasteiger partial charge in [-0.1, -0.05) is 29.8 Å². The molecule has 1 aliphatic rings. The lowest BCUT2D eigenvalue weighted by molar-refractivity contribution is 0.0384. The summed E-state index contributed by atoms with van der Waals surface area (Å²) in [5.41, 5.74) is 1.96. The molecule has 0 aliphatic carbocycles. The van der Waals surface area contributed by atoms with Crippen LogP contribution in [0.2, 0.25) is 0 Å². The molecular weight excluding hydrogens is 240 g/mol. The second kappa shape index (κ2) is 7.38. The number of carbonyl (C=O) groups is 1. The molecule has 0 bridgehead atoms. The molecule has 0 amide bonds. The Balaban J connectivity index is 1.64. The number of Topliss-reactive ketones (excluding diaryl/α,β-unsaturated/α-hetero) is 1. The number of carbonyl (C=O) groups excluding carboxylic acids is 1. The number of ether oxygens (including phenoxy) is 1. The summed E-state index contributed by atoms with van der Waals surface area (Å²) in [6, 6.07) is 7.73. The van der Waals surface area contributed by atoms with Crippen LogP contribution in [-0.4, -0.2) is 56.6 Å². The van der Waals surface area contributed by atoms with Crippen molar-refractivity contribution >= 4 is 5.78 Å². The quantitative estimate of drug-likeness (QED) is 0.616. The third-order valence-electron chi connectivity index (χ3n) is 3.37.